The monoisotopic (exact) mass is 312 g/mol. The summed E-state index contributed by atoms with van der Waals surface area (Å²) in [6.07, 6.45) is 1.76. The fourth-order valence-corrected chi connectivity index (χ4v) is 2.34. The summed E-state index contributed by atoms with van der Waals surface area (Å²) in [5.74, 6) is 1.56. The van der Waals surface area contributed by atoms with Gasteiger partial charge in [-0.15, -0.1) is 0 Å². The Labute approximate surface area is 137 Å². The van der Waals surface area contributed by atoms with Crippen LogP contribution < -0.4 is 15.4 Å². The van der Waals surface area contributed by atoms with Crippen molar-refractivity contribution in [1.82, 2.24) is 4.98 Å². The van der Waals surface area contributed by atoms with Gasteiger partial charge in [0.1, 0.15) is 11.6 Å². The molecule has 5 nitrogen and oxygen atoms in total. The second kappa shape index (κ2) is 7.63. The maximum absolute atomic E-state index is 8.06. The Morgan fingerprint density at radius 2 is 1.91 bits per heavy atom. The average Bonchev–Trinajstić information content (AvgIpc) is 2.52. The number of methoxy groups -OCH3 is 1. The van der Waals surface area contributed by atoms with Gasteiger partial charge in [-0.05, 0) is 44.5 Å². The summed E-state index contributed by atoms with van der Waals surface area (Å²) in [6.45, 7) is 6.57. The summed E-state index contributed by atoms with van der Waals surface area (Å²) in [5.41, 5.74) is 3.36. The highest BCUT2D eigenvalue weighted by Crippen LogP contribution is 2.24. The van der Waals surface area contributed by atoms with Crippen LogP contribution in [0.2, 0.25) is 0 Å². The molecule has 1 aromatic heterocycles. The van der Waals surface area contributed by atoms with Gasteiger partial charge >= 0.3 is 0 Å². The fraction of sp³-hybridized carbons (Fsp3) is 0.333. The van der Waals surface area contributed by atoms with Crippen LogP contribution >= 0.6 is 0 Å². The van der Waals surface area contributed by atoms with Crippen LogP contribution in [0, 0.1) is 5.41 Å². The lowest BCUT2D eigenvalue weighted by molar-refractivity contribution is 0.414. The molecule has 0 aliphatic heterocycles. The number of nitrogens with one attached hydrogen (secondary N) is 3. The molecule has 0 bridgehead atoms. The van der Waals surface area contributed by atoms with Gasteiger partial charge in [-0.1, -0.05) is 12.1 Å². The minimum atomic E-state index is 0.296. The fourth-order valence-electron chi connectivity index (χ4n) is 2.34. The van der Waals surface area contributed by atoms with Crippen LogP contribution in [0.3, 0.4) is 0 Å². The third-order valence-corrected chi connectivity index (χ3v) is 3.39. The number of ether oxygens (including phenoxy) is 1. The molecule has 0 aliphatic rings. The Kier molecular flexibility index (Phi) is 5.57. The topological polar surface area (TPSA) is 70.0 Å². The molecule has 5 heteroatoms. The number of hydrogen-bond acceptors (Lipinski definition) is 5. The molecular formula is C18H24N4O. The Bertz CT molecular complexity index is 665. The second-order valence-electron chi connectivity index (χ2n) is 5.71. The summed E-state index contributed by atoms with van der Waals surface area (Å²) < 4.78 is 5.17. The van der Waals surface area contributed by atoms with Crippen molar-refractivity contribution in [3.63, 3.8) is 0 Å². The van der Waals surface area contributed by atoms with E-state index in [-0.39, 0.29) is 0 Å². The molecule has 0 saturated heterocycles. The quantitative estimate of drug-likeness (QED) is 0.678. The van der Waals surface area contributed by atoms with E-state index in [1.165, 1.54) is 0 Å². The first-order chi connectivity index (χ1) is 11.0. The molecule has 2 aromatic rings. The third-order valence-electron chi connectivity index (χ3n) is 3.39. The van der Waals surface area contributed by atoms with Gasteiger partial charge in [0.05, 0.1) is 12.7 Å². The summed E-state index contributed by atoms with van der Waals surface area (Å²) >= 11 is 0. The number of pyridine rings is 1. The van der Waals surface area contributed by atoms with Crippen molar-refractivity contribution in [2.75, 3.05) is 17.7 Å². The van der Waals surface area contributed by atoms with E-state index >= 15 is 0 Å². The molecule has 1 heterocycles. The van der Waals surface area contributed by atoms with Gasteiger partial charge in [-0.2, -0.15) is 0 Å². The van der Waals surface area contributed by atoms with Crippen LogP contribution in [0.25, 0.3) is 0 Å². The minimum Gasteiger partial charge on any atom is -0.497 e. The molecule has 1 aromatic carbocycles. The Balaban J connectivity index is 2.19. The lowest BCUT2D eigenvalue weighted by atomic mass is 10.1. The Morgan fingerprint density at radius 1 is 1.22 bits per heavy atom. The van der Waals surface area contributed by atoms with Crippen LogP contribution in [0.4, 0.5) is 11.5 Å². The smallest absolute Gasteiger partial charge is 0.137 e. The van der Waals surface area contributed by atoms with Crippen molar-refractivity contribution in [1.29, 1.82) is 5.41 Å². The van der Waals surface area contributed by atoms with Crippen LogP contribution in [0.15, 0.2) is 36.5 Å². The van der Waals surface area contributed by atoms with Gasteiger partial charge < -0.3 is 20.8 Å². The van der Waals surface area contributed by atoms with Crippen molar-refractivity contribution in [2.45, 2.75) is 33.4 Å². The molecule has 3 N–H and O–H groups in total. The standard InChI is InChI=1S/C18H24N4O/c1-12(2)22-16-9-10-20-18(17(16)13(3)19)21-11-14-5-7-15(23-4)8-6-14/h5-10,12,19H,11H2,1-4H3,(H2,20,21,22). The highest BCUT2D eigenvalue weighted by Gasteiger charge is 2.12. The molecule has 0 radical (unpaired) electrons. The first-order valence-electron chi connectivity index (χ1n) is 7.69. The van der Waals surface area contributed by atoms with E-state index in [4.69, 9.17) is 10.1 Å². The summed E-state index contributed by atoms with van der Waals surface area (Å²) in [5, 5.41) is 14.8. The first kappa shape index (κ1) is 16.8. The minimum absolute atomic E-state index is 0.296. The number of benzene rings is 1. The zero-order valence-corrected chi connectivity index (χ0v) is 14.1. The van der Waals surface area contributed by atoms with Gasteiger partial charge in [0.15, 0.2) is 0 Å². The van der Waals surface area contributed by atoms with Crippen LogP contribution in [0.5, 0.6) is 5.75 Å². The van der Waals surface area contributed by atoms with Gasteiger partial charge in [0.2, 0.25) is 0 Å². The first-order valence-corrected chi connectivity index (χ1v) is 7.69. The molecular weight excluding hydrogens is 288 g/mol. The molecule has 0 saturated carbocycles. The van der Waals surface area contributed by atoms with Crippen molar-refractivity contribution >= 4 is 17.2 Å². The SMILES string of the molecule is COc1ccc(CNc2nccc(NC(C)C)c2C(C)=N)cc1. The van der Waals surface area contributed by atoms with Gasteiger partial charge in [0.25, 0.3) is 0 Å². The molecule has 23 heavy (non-hydrogen) atoms. The summed E-state index contributed by atoms with van der Waals surface area (Å²) in [4.78, 5) is 4.40. The highest BCUT2D eigenvalue weighted by atomic mass is 16.5. The normalized spacial score (nSPS) is 10.5. The predicted molar refractivity (Wildman–Crippen MR) is 95.8 cm³/mol. The van der Waals surface area contributed by atoms with Gasteiger partial charge in [-0.25, -0.2) is 4.98 Å². The van der Waals surface area contributed by atoms with Crippen LogP contribution in [-0.4, -0.2) is 23.8 Å². The lowest BCUT2D eigenvalue weighted by Crippen LogP contribution is -2.15. The molecule has 0 fully saturated rings. The van der Waals surface area contributed by atoms with E-state index in [2.05, 4.69) is 29.5 Å². The molecule has 0 amide bonds. The number of anilines is 2. The Hall–Kier alpha value is -2.56. The van der Waals surface area contributed by atoms with E-state index < -0.39 is 0 Å². The van der Waals surface area contributed by atoms with Crippen molar-refractivity contribution in [2.24, 2.45) is 0 Å². The summed E-state index contributed by atoms with van der Waals surface area (Å²) in [6, 6.07) is 10.1. The van der Waals surface area contributed by atoms with Gasteiger partial charge in [-0.3, -0.25) is 0 Å². The third kappa shape index (κ3) is 4.45. The van der Waals surface area contributed by atoms with Gasteiger partial charge in [0, 0.05) is 30.2 Å². The highest BCUT2D eigenvalue weighted by molar-refractivity contribution is 6.05. The maximum atomic E-state index is 8.06. The second-order valence-corrected chi connectivity index (χ2v) is 5.71. The van der Waals surface area contributed by atoms with E-state index in [9.17, 15) is 0 Å². The lowest BCUT2D eigenvalue weighted by Gasteiger charge is -2.17. The van der Waals surface area contributed by atoms with Crippen LogP contribution in [-0.2, 0) is 6.54 Å². The summed E-state index contributed by atoms with van der Waals surface area (Å²) in [7, 11) is 1.66. The molecule has 122 valence electrons. The van der Waals surface area contributed by atoms with E-state index in [1.54, 1.807) is 20.2 Å². The number of rotatable bonds is 7. The number of hydrogen-bond donors (Lipinski definition) is 3. The zero-order chi connectivity index (χ0) is 16.8. The molecule has 2 rings (SSSR count). The van der Waals surface area contributed by atoms with Crippen molar-refractivity contribution in [3.8, 4) is 5.75 Å². The molecule has 0 atom stereocenters. The predicted octanol–water partition coefficient (Wildman–Crippen LogP) is 3.91. The zero-order valence-electron chi connectivity index (χ0n) is 14.1. The average molecular weight is 312 g/mol. The van der Waals surface area contributed by atoms with Crippen LogP contribution in [0.1, 0.15) is 31.9 Å². The van der Waals surface area contributed by atoms with Crippen molar-refractivity contribution < 1.29 is 4.74 Å². The largest absolute Gasteiger partial charge is 0.497 e. The molecule has 0 spiro atoms. The van der Waals surface area contributed by atoms with E-state index in [0.717, 1.165) is 28.4 Å². The van der Waals surface area contributed by atoms with E-state index in [0.29, 0.717) is 18.3 Å². The van der Waals surface area contributed by atoms with Crippen molar-refractivity contribution in [3.05, 3.63) is 47.7 Å². The molecule has 0 aliphatic carbocycles. The maximum Gasteiger partial charge on any atom is 0.137 e. The van der Waals surface area contributed by atoms with E-state index in [1.807, 2.05) is 30.3 Å². The number of nitrogens with zero attached hydrogens (tertiary/aromatic N) is 1. The Morgan fingerprint density at radius 3 is 2.48 bits per heavy atom. The number of aromatic nitrogens is 1. The molecule has 0 unspecified atom stereocenters.